The third-order valence-corrected chi connectivity index (χ3v) is 5.11. The van der Waals surface area contributed by atoms with Gasteiger partial charge >= 0.3 is 6.18 Å². The first kappa shape index (κ1) is 23.5. The molecule has 2 amide bonds. The van der Waals surface area contributed by atoms with Crippen molar-refractivity contribution in [3.63, 3.8) is 0 Å². The number of hydrogen-bond acceptors (Lipinski definition) is 5. The number of halogens is 4. The van der Waals surface area contributed by atoms with E-state index in [9.17, 15) is 22.8 Å². The molecule has 0 aliphatic heterocycles. The monoisotopic (exact) mass is 468 g/mol. The Morgan fingerprint density at radius 2 is 1.88 bits per heavy atom. The van der Waals surface area contributed by atoms with Gasteiger partial charge in [-0.1, -0.05) is 11.6 Å². The minimum absolute atomic E-state index is 0.0473. The summed E-state index contributed by atoms with van der Waals surface area (Å²) in [4.78, 5) is 33.4. The summed E-state index contributed by atoms with van der Waals surface area (Å²) in [5, 5.41) is 6.40. The molecule has 2 aromatic heterocycles. The predicted octanol–water partition coefficient (Wildman–Crippen LogP) is 3.69. The molecule has 3 aromatic rings. The van der Waals surface area contributed by atoms with E-state index >= 15 is 0 Å². The normalized spacial score (nSPS) is 11.6. The van der Waals surface area contributed by atoms with Crippen LogP contribution in [0.4, 0.5) is 18.9 Å². The summed E-state index contributed by atoms with van der Waals surface area (Å²) >= 11 is 6.15. The molecule has 0 bridgehead atoms. The standard InChI is InChI=1S/C20H20ClF3N6O2/c1-10-13(11(2)30-19(25-10)27-18(28-30)20(22,23)24)7-8-16(31)26-12-5-6-14(15(21)9-12)17(32)29(3)4/h5-6,9H,7-8H2,1-4H3,(H,26,31). The van der Waals surface area contributed by atoms with Crippen LogP contribution in [0.2, 0.25) is 5.02 Å². The van der Waals surface area contributed by atoms with Crippen molar-refractivity contribution in [1.82, 2.24) is 24.5 Å². The van der Waals surface area contributed by atoms with Gasteiger partial charge in [-0.05, 0) is 44.0 Å². The van der Waals surface area contributed by atoms with Crippen molar-refractivity contribution in [1.29, 1.82) is 0 Å². The number of nitrogens with zero attached hydrogens (tertiary/aromatic N) is 5. The molecule has 8 nitrogen and oxygen atoms in total. The molecule has 0 atom stereocenters. The summed E-state index contributed by atoms with van der Waals surface area (Å²) in [7, 11) is 3.21. The van der Waals surface area contributed by atoms with Crippen LogP contribution in [0.15, 0.2) is 18.2 Å². The van der Waals surface area contributed by atoms with E-state index in [1.807, 2.05) is 0 Å². The van der Waals surface area contributed by atoms with Crippen LogP contribution in [-0.2, 0) is 17.4 Å². The van der Waals surface area contributed by atoms with Gasteiger partial charge in [-0.2, -0.15) is 18.2 Å². The number of amides is 2. The van der Waals surface area contributed by atoms with Crippen molar-refractivity contribution in [3.05, 3.63) is 51.6 Å². The number of rotatable bonds is 5. The number of carbonyl (C=O) groups excluding carboxylic acids is 2. The molecule has 1 aromatic carbocycles. The molecular formula is C20H20ClF3N6O2. The van der Waals surface area contributed by atoms with Crippen molar-refractivity contribution in [3.8, 4) is 0 Å². The lowest BCUT2D eigenvalue weighted by molar-refractivity contribution is -0.144. The summed E-state index contributed by atoms with van der Waals surface area (Å²) < 4.78 is 39.8. The molecule has 3 rings (SSSR count). The lowest BCUT2D eigenvalue weighted by atomic mass is 10.1. The highest BCUT2D eigenvalue weighted by Gasteiger charge is 2.37. The molecule has 0 aliphatic rings. The molecule has 0 unspecified atom stereocenters. The average Bonchev–Trinajstić information content (AvgIpc) is 3.12. The van der Waals surface area contributed by atoms with Gasteiger partial charge in [-0.15, -0.1) is 5.10 Å². The zero-order valence-corrected chi connectivity index (χ0v) is 18.5. The topological polar surface area (TPSA) is 92.5 Å². The first-order valence-corrected chi connectivity index (χ1v) is 9.87. The Hall–Kier alpha value is -3.21. The molecule has 0 saturated heterocycles. The molecule has 0 fully saturated rings. The van der Waals surface area contributed by atoms with E-state index in [-0.39, 0.29) is 35.5 Å². The van der Waals surface area contributed by atoms with Crippen LogP contribution >= 0.6 is 11.6 Å². The fourth-order valence-corrected chi connectivity index (χ4v) is 3.42. The zero-order valence-electron chi connectivity index (χ0n) is 17.7. The van der Waals surface area contributed by atoms with Gasteiger partial charge in [0.1, 0.15) is 0 Å². The number of aromatic nitrogens is 4. The maximum absolute atomic E-state index is 12.9. The largest absolute Gasteiger partial charge is 0.453 e. The SMILES string of the molecule is Cc1nc2nc(C(F)(F)F)nn2c(C)c1CCC(=O)Nc1ccc(C(=O)N(C)C)c(Cl)c1. The Kier molecular flexibility index (Phi) is 6.40. The predicted molar refractivity (Wildman–Crippen MR) is 112 cm³/mol. The fourth-order valence-electron chi connectivity index (χ4n) is 3.16. The van der Waals surface area contributed by atoms with Gasteiger partial charge in [0.2, 0.25) is 5.91 Å². The molecule has 170 valence electrons. The Balaban J connectivity index is 1.73. The van der Waals surface area contributed by atoms with Crippen molar-refractivity contribution < 1.29 is 22.8 Å². The molecule has 12 heteroatoms. The van der Waals surface area contributed by atoms with Crippen LogP contribution in [-0.4, -0.2) is 50.4 Å². The Labute approximate surface area is 186 Å². The van der Waals surface area contributed by atoms with Crippen LogP contribution < -0.4 is 5.32 Å². The molecule has 0 spiro atoms. The van der Waals surface area contributed by atoms with Gasteiger partial charge in [0, 0.05) is 37.6 Å². The molecule has 2 heterocycles. The number of alkyl halides is 3. The molecular weight excluding hydrogens is 449 g/mol. The number of nitrogens with one attached hydrogen (secondary N) is 1. The summed E-state index contributed by atoms with van der Waals surface area (Å²) in [6, 6.07) is 4.57. The van der Waals surface area contributed by atoms with E-state index in [0.717, 1.165) is 4.52 Å². The van der Waals surface area contributed by atoms with Crippen LogP contribution in [0.1, 0.15) is 39.6 Å². The van der Waals surface area contributed by atoms with Crippen molar-refractivity contribution in [2.24, 2.45) is 0 Å². The number of anilines is 1. The fraction of sp³-hybridized carbons (Fsp3) is 0.350. The van der Waals surface area contributed by atoms with Crippen molar-refractivity contribution >= 4 is 34.9 Å². The van der Waals surface area contributed by atoms with E-state index in [0.29, 0.717) is 28.2 Å². The van der Waals surface area contributed by atoms with Gasteiger partial charge in [0.05, 0.1) is 10.6 Å². The number of hydrogen-bond donors (Lipinski definition) is 1. The summed E-state index contributed by atoms with van der Waals surface area (Å²) in [5.74, 6) is -2.01. The van der Waals surface area contributed by atoms with E-state index in [4.69, 9.17) is 11.6 Å². The lowest BCUT2D eigenvalue weighted by Gasteiger charge is -2.13. The minimum atomic E-state index is -4.68. The number of aryl methyl sites for hydroxylation is 2. The smallest absolute Gasteiger partial charge is 0.345 e. The van der Waals surface area contributed by atoms with E-state index < -0.39 is 12.0 Å². The molecule has 32 heavy (non-hydrogen) atoms. The summed E-state index contributed by atoms with van der Waals surface area (Å²) in [5.41, 5.74) is 2.24. The summed E-state index contributed by atoms with van der Waals surface area (Å²) in [6.45, 7) is 3.24. The Bertz CT molecular complexity index is 1210. The second kappa shape index (κ2) is 8.73. The Morgan fingerprint density at radius 1 is 1.19 bits per heavy atom. The van der Waals surface area contributed by atoms with Gasteiger partial charge in [0.15, 0.2) is 0 Å². The van der Waals surface area contributed by atoms with Gasteiger partial charge in [-0.3, -0.25) is 9.59 Å². The molecule has 0 saturated carbocycles. The number of fused-ring (bicyclic) bond motifs is 1. The van der Waals surface area contributed by atoms with Gasteiger partial charge in [-0.25, -0.2) is 9.50 Å². The summed E-state index contributed by atoms with van der Waals surface area (Å²) in [6.07, 6.45) is -4.40. The average molecular weight is 469 g/mol. The lowest BCUT2D eigenvalue weighted by Crippen LogP contribution is -2.22. The zero-order chi connectivity index (χ0) is 23.8. The Morgan fingerprint density at radius 3 is 2.47 bits per heavy atom. The van der Waals surface area contributed by atoms with Crippen LogP contribution in [0.25, 0.3) is 5.78 Å². The third-order valence-electron chi connectivity index (χ3n) is 4.79. The molecule has 0 radical (unpaired) electrons. The number of benzene rings is 1. The first-order chi connectivity index (χ1) is 14.9. The highest BCUT2D eigenvalue weighted by Crippen LogP contribution is 2.27. The maximum Gasteiger partial charge on any atom is 0.453 e. The van der Waals surface area contributed by atoms with Crippen molar-refractivity contribution in [2.45, 2.75) is 32.9 Å². The second-order valence-corrected chi connectivity index (χ2v) is 7.76. The van der Waals surface area contributed by atoms with Crippen LogP contribution in [0, 0.1) is 13.8 Å². The van der Waals surface area contributed by atoms with E-state index in [1.165, 1.54) is 17.0 Å². The van der Waals surface area contributed by atoms with Gasteiger partial charge in [0.25, 0.3) is 17.5 Å². The van der Waals surface area contributed by atoms with Crippen LogP contribution in [0.3, 0.4) is 0 Å². The highest BCUT2D eigenvalue weighted by molar-refractivity contribution is 6.34. The van der Waals surface area contributed by atoms with E-state index in [1.54, 1.807) is 34.0 Å². The second-order valence-electron chi connectivity index (χ2n) is 7.35. The first-order valence-electron chi connectivity index (χ1n) is 9.49. The quantitative estimate of drug-likeness (QED) is 0.616. The van der Waals surface area contributed by atoms with Gasteiger partial charge < -0.3 is 10.2 Å². The van der Waals surface area contributed by atoms with Crippen LogP contribution in [0.5, 0.6) is 0 Å². The molecule has 0 aliphatic carbocycles. The minimum Gasteiger partial charge on any atom is -0.345 e. The highest BCUT2D eigenvalue weighted by atomic mass is 35.5. The molecule has 1 N–H and O–H groups in total. The van der Waals surface area contributed by atoms with E-state index in [2.05, 4.69) is 20.4 Å². The maximum atomic E-state index is 12.9. The van der Waals surface area contributed by atoms with Crippen molar-refractivity contribution in [2.75, 3.05) is 19.4 Å². The number of carbonyl (C=O) groups is 2. The third kappa shape index (κ3) is 4.82.